The van der Waals surface area contributed by atoms with Crippen LogP contribution in [0.4, 0.5) is 0 Å². The van der Waals surface area contributed by atoms with Gasteiger partial charge in [0.1, 0.15) is 0 Å². The average molecular weight is 375 g/mol. The second-order valence-corrected chi connectivity index (χ2v) is 8.72. The topological polar surface area (TPSA) is 57.7 Å². The number of rotatable bonds is 6. The van der Waals surface area contributed by atoms with Gasteiger partial charge in [0.05, 0.1) is 4.90 Å². The van der Waals surface area contributed by atoms with Crippen LogP contribution in [0, 0.1) is 6.92 Å². The summed E-state index contributed by atoms with van der Waals surface area (Å²) in [7, 11) is -0.254. The Morgan fingerprint density at radius 2 is 1.58 bits per heavy atom. The Morgan fingerprint density at radius 3 is 2.12 bits per heavy atom. The van der Waals surface area contributed by atoms with E-state index in [1.807, 2.05) is 45.0 Å². The predicted molar refractivity (Wildman–Crippen MR) is 104 cm³/mol. The summed E-state index contributed by atoms with van der Waals surface area (Å²) in [5.74, 6) is -0.144. The van der Waals surface area contributed by atoms with Gasteiger partial charge in [-0.3, -0.25) is 4.79 Å². The molecule has 0 unspecified atom stereocenters. The number of carbonyl (C=O) groups excluding carboxylic acids is 1. The molecule has 0 aliphatic rings. The Kier molecular flexibility index (Phi) is 6.21. The molecule has 5 nitrogen and oxygen atoms in total. The number of hydrogen-bond donors (Lipinski definition) is 0. The lowest BCUT2D eigenvalue weighted by atomic mass is 10.1. The van der Waals surface area contributed by atoms with E-state index in [1.165, 1.54) is 16.4 Å². The van der Waals surface area contributed by atoms with Gasteiger partial charge in [-0.05, 0) is 56.2 Å². The van der Waals surface area contributed by atoms with Gasteiger partial charge in [0.15, 0.2) is 0 Å². The minimum Gasteiger partial charge on any atom is -0.337 e. The van der Waals surface area contributed by atoms with Crippen LogP contribution in [0.25, 0.3) is 0 Å². The van der Waals surface area contributed by atoms with Crippen molar-refractivity contribution in [2.45, 2.75) is 38.3 Å². The van der Waals surface area contributed by atoms with Gasteiger partial charge in [0, 0.05) is 32.2 Å². The number of amides is 1. The molecule has 2 aromatic carbocycles. The summed E-state index contributed by atoms with van der Waals surface area (Å²) < 4.78 is 26.3. The molecule has 0 aromatic heterocycles. The number of aryl methyl sites for hydroxylation is 1. The van der Waals surface area contributed by atoms with Crippen LogP contribution in [0.3, 0.4) is 0 Å². The van der Waals surface area contributed by atoms with Gasteiger partial charge in [0.25, 0.3) is 5.91 Å². The molecule has 0 aliphatic carbocycles. The quantitative estimate of drug-likeness (QED) is 0.779. The van der Waals surface area contributed by atoms with Crippen molar-refractivity contribution >= 4 is 15.9 Å². The van der Waals surface area contributed by atoms with Crippen LogP contribution in [0.5, 0.6) is 0 Å². The summed E-state index contributed by atoms with van der Waals surface area (Å²) in [4.78, 5) is 14.4. The Bertz CT molecular complexity index is 874. The van der Waals surface area contributed by atoms with Crippen molar-refractivity contribution in [2.24, 2.45) is 0 Å². The second-order valence-electron chi connectivity index (χ2n) is 6.73. The maximum atomic E-state index is 12.6. The van der Waals surface area contributed by atoms with Crippen molar-refractivity contribution in [1.82, 2.24) is 9.21 Å². The zero-order valence-electron chi connectivity index (χ0n) is 15.9. The number of nitrogens with zero attached hydrogens (tertiary/aromatic N) is 2. The van der Waals surface area contributed by atoms with Crippen molar-refractivity contribution < 1.29 is 13.2 Å². The number of benzene rings is 2. The average Bonchev–Trinajstić information content (AvgIpc) is 2.62. The Hall–Kier alpha value is -2.18. The zero-order chi connectivity index (χ0) is 19.5. The van der Waals surface area contributed by atoms with Crippen LogP contribution in [-0.4, -0.2) is 43.7 Å². The minimum absolute atomic E-state index is 0.137. The largest absolute Gasteiger partial charge is 0.337 e. The lowest BCUT2D eigenvalue weighted by Crippen LogP contribution is -2.33. The van der Waals surface area contributed by atoms with Gasteiger partial charge < -0.3 is 4.90 Å². The molecule has 0 fully saturated rings. The summed E-state index contributed by atoms with van der Waals surface area (Å²) in [6, 6.07) is 13.9. The summed E-state index contributed by atoms with van der Waals surface area (Å²) in [5.41, 5.74) is 2.68. The van der Waals surface area contributed by atoms with Gasteiger partial charge in [-0.2, -0.15) is 4.31 Å². The van der Waals surface area contributed by atoms with Gasteiger partial charge >= 0.3 is 0 Å². The molecule has 6 heteroatoms. The van der Waals surface area contributed by atoms with Crippen molar-refractivity contribution in [3.63, 3.8) is 0 Å². The first-order valence-corrected chi connectivity index (χ1v) is 9.96. The number of hydrogen-bond acceptors (Lipinski definition) is 3. The molecule has 0 saturated carbocycles. The van der Waals surface area contributed by atoms with Crippen molar-refractivity contribution in [2.75, 3.05) is 14.1 Å². The third-order valence-corrected chi connectivity index (χ3v) is 6.57. The van der Waals surface area contributed by atoms with E-state index in [4.69, 9.17) is 0 Å². The van der Waals surface area contributed by atoms with Crippen molar-refractivity contribution in [3.05, 3.63) is 65.2 Å². The van der Waals surface area contributed by atoms with E-state index in [0.717, 1.165) is 11.1 Å². The first-order chi connectivity index (χ1) is 12.1. The van der Waals surface area contributed by atoms with E-state index >= 15 is 0 Å². The minimum atomic E-state index is -3.55. The first kappa shape index (κ1) is 20.1. The highest BCUT2D eigenvalue weighted by atomic mass is 32.2. The molecule has 140 valence electrons. The molecule has 0 N–H and O–H groups in total. The standard InChI is InChI=1S/C20H26N2O3S/c1-15(2)22(5)26(24,25)19-12-10-17(11-13-19)20(23)21(4)14-18-9-7-6-8-16(18)3/h6-13,15H,14H2,1-5H3. The molecular weight excluding hydrogens is 348 g/mol. The van der Waals surface area contributed by atoms with E-state index < -0.39 is 10.0 Å². The summed E-state index contributed by atoms with van der Waals surface area (Å²) in [6.07, 6.45) is 0. The first-order valence-electron chi connectivity index (χ1n) is 8.52. The lowest BCUT2D eigenvalue weighted by Gasteiger charge is -2.21. The highest BCUT2D eigenvalue weighted by Gasteiger charge is 2.23. The molecule has 1 amide bonds. The molecule has 0 aliphatic heterocycles. The fourth-order valence-corrected chi connectivity index (χ4v) is 3.92. The summed E-state index contributed by atoms with van der Waals surface area (Å²) >= 11 is 0. The monoisotopic (exact) mass is 374 g/mol. The molecular formula is C20H26N2O3S. The van der Waals surface area contributed by atoms with Gasteiger partial charge in [-0.1, -0.05) is 24.3 Å². The zero-order valence-corrected chi connectivity index (χ0v) is 16.7. The van der Waals surface area contributed by atoms with Gasteiger partial charge in [-0.25, -0.2) is 8.42 Å². The summed E-state index contributed by atoms with van der Waals surface area (Å²) in [5, 5.41) is 0. The maximum absolute atomic E-state index is 12.6. The highest BCUT2D eigenvalue weighted by molar-refractivity contribution is 7.89. The van der Waals surface area contributed by atoms with Crippen molar-refractivity contribution in [3.8, 4) is 0 Å². The maximum Gasteiger partial charge on any atom is 0.253 e. The van der Waals surface area contributed by atoms with Crippen LogP contribution in [0.15, 0.2) is 53.4 Å². The molecule has 0 spiro atoms. The van der Waals surface area contributed by atoms with E-state index in [-0.39, 0.29) is 16.8 Å². The number of carbonyl (C=O) groups is 1. The van der Waals surface area contributed by atoms with E-state index in [9.17, 15) is 13.2 Å². The van der Waals surface area contributed by atoms with Crippen LogP contribution in [-0.2, 0) is 16.6 Å². The van der Waals surface area contributed by atoms with Crippen molar-refractivity contribution in [1.29, 1.82) is 0 Å². The van der Waals surface area contributed by atoms with E-state index in [2.05, 4.69) is 0 Å². The number of sulfonamides is 1. The van der Waals surface area contributed by atoms with Gasteiger partial charge in [-0.15, -0.1) is 0 Å². The van der Waals surface area contributed by atoms with E-state index in [1.54, 1.807) is 31.1 Å². The third-order valence-electron chi connectivity index (χ3n) is 4.52. The molecule has 2 rings (SSSR count). The second kappa shape index (κ2) is 8.01. The predicted octanol–water partition coefficient (Wildman–Crippen LogP) is 3.30. The fourth-order valence-electron chi connectivity index (χ4n) is 2.55. The fraction of sp³-hybridized carbons (Fsp3) is 0.350. The molecule has 26 heavy (non-hydrogen) atoms. The smallest absolute Gasteiger partial charge is 0.253 e. The van der Waals surface area contributed by atoms with Crippen LogP contribution in [0.2, 0.25) is 0 Å². The Morgan fingerprint density at radius 1 is 1.00 bits per heavy atom. The molecule has 0 heterocycles. The normalized spacial score (nSPS) is 11.8. The summed E-state index contributed by atoms with van der Waals surface area (Å²) in [6.45, 7) is 6.14. The van der Waals surface area contributed by atoms with Gasteiger partial charge in [0.2, 0.25) is 10.0 Å². The Labute approximate surface area is 156 Å². The molecule has 0 radical (unpaired) electrons. The SMILES string of the molecule is Cc1ccccc1CN(C)C(=O)c1ccc(S(=O)(=O)N(C)C(C)C)cc1. The third kappa shape index (κ3) is 4.31. The molecule has 0 atom stereocenters. The molecule has 0 bridgehead atoms. The molecule has 0 saturated heterocycles. The van der Waals surface area contributed by atoms with Crippen LogP contribution in [0.1, 0.15) is 35.3 Å². The highest BCUT2D eigenvalue weighted by Crippen LogP contribution is 2.18. The lowest BCUT2D eigenvalue weighted by molar-refractivity contribution is 0.0785. The Balaban J connectivity index is 2.17. The molecule has 2 aromatic rings. The van der Waals surface area contributed by atoms with Crippen LogP contribution < -0.4 is 0 Å². The van der Waals surface area contributed by atoms with E-state index in [0.29, 0.717) is 12.1 Å². The van der Waals surface area contributed by atoms with Crippen LogP contribution >= 0.6 is 0 Å².